The Morgan fingerprint density at radius 1 is 1.32 bits per heavy atom. The van der Waals surface area contributed by atoms with Crippen molar-refractivity contribution in [3.8, 4) is 11.5 Å². The van der Waals surface area contributed by atoms with Crippen LogP contribution >= 0.6 is 11.6 Å². The van der Waals surface area contributed by atoms with Crippen molar-refractivity contribution < 1.29 is 23.8 Å². The van der Waals surface area contributed by atoms with Crippen LogP contribution < -0.4 is 14.8 Å². The molecular weight excluding hydrogens is 346 g/mol. The molecule has 0 heterocycles. The lowest BCUT2D eigenvalue weighted by atomic mass is 10.2. The van der Waals surface area contributed by atoms with Gasteiger partial charge in [0.15, 0.2) is 17.6 Å². The molecule has 1 N–H and O–H groups in total. The molecule has 0 aliphatic rings. The molecule has 0 bridgehead atoms. The van der Waals surface area contributed by atoms with E-state index in [9.17, 15) is 9.59 Å². The molecular formula is C18H24ClNO5. The van der Waals surface area contributed by atoms with Gasteiger partial charge in [0.05, 0.1) is 23.8 Å². The smallest absolute Gasteiger partial charge is 0.339 e. The summed E-state index contributed by atoms with van der Waals surface area (Å²) in [6, 6.07) is 2.93. The summed E-state index contributed by atoms with van der Waals surface area (Å²) in [4.78, 5) is 24.1. The van der Waals surface area contributed by atoms with E-state index in [1.165, 1.54) is 25.1 Å². The van der Waals surface area contributed by atoms with Gasteiger partial charge in [-0.2, -0.15) is 0 Å². The van der Waals surface area contributed by atoms with Crippen LogP contribution in [0.1, 0.15) is 37.6 Å². The van der Waals surface area contributed by atoms with E-state index >= 15 is 0 Å². The molecule has 1 rings (SSSR count). The minimum Gasteiger partial charge on any atom is -0.490 e. The fourth-order valence-corrected chi connectivity index (χ4v) is 2.16. The van der Waals surface area contributed by atoms with Crippen molar-refractivity contribution in [2.24, 2.45) is 0 Å². The van der Waals surface area contributed by atoms with E-state index in [1.807, 2.05) is 13.8 Å². The number of benzene rings is 1. The molecule has 1 amide bonds. The van der Waals surface area contributed by atoms with Gasteiger partial charge in [0.25, 0.3) is 5.91 Å². The number of hydrogen-bond donors (Lipinski definition) is 1. The SMILES string of the molecule is C=CCNC(=O)[C@@H](C)OC(=O)c1cc(Cl)c(OCCC)c(OCC)c1. The van der Waals surface area contributed by atoms with Crippen LogP contribution in [0, 0.1) is 0 Å². The van der Waals surface area contributed by atoms with Crippen LogP contribution in [0.3, 0.4) is 0 Å². The first-order chi connectivity index (χ1) is 11.9. The summed E-state index contributed by atoms with van der Waals surface area (Å²) < 4.78 is 16.3. The number of rotatable bonds is 10. The number of carbonyl (C=O) groups excluding carboxylic acids is 2. The highest BCUT2D eigenvalue weighted by atomic mass is 35.5. The number of amides is 1. The molecule has 6 nitrogen and oxygen atoms in total. The lowest BCUT2D eigenvalue weighted by Crippen LogP contribution is -2.35. The lowest BCUT2D eigenvalue weighted by molar-refractivity contribution is -0.128. The fourth-order valence-electron chi connectivity index (χ4n) is 1.89. The zero-order valence-electron chi connectivity index (χ0n) is 14.8. The highest BCUT2D eigenvalue weighted by molar-refractivity contribution is 6.32. The van der Waals surface area contributed by atoms with E-state index in [1.54, 1.807) is 0 Å². The molecule has 1 aromatic rings. The molecule has 7 heteroatoms. The summed E-state index contributed by atoms with van der Waals surface area (Å²) in [6.07, 6.45) is 1.40. The van der Waals surface area contributed by atoms with Crippen LogP contribution in [-0.2, 0) is 9.53 Å². The monoisotopic (exact) mass is 369 g/mol. The summed E-state index contributed by atoms with van der Waals surface area (Å²) in [6.45, 7) is 9.93. The molecule has 0 unspecified atom stereocenters. The predicted molar refractivity (Wildman–Crippen MR) is 96.5 cm³/mol. The Bertz CT molecular complexity index is 618. The van der Waals surface area contributed by atoms with Gasteiger partial charge in [0.2, 0.25) is 0 Å². The average Bonchev–Trinajstić information content (AvgIpc) is 2.58. The summed E-state index contributed by atoms with van der Waals surface area (Å²) in [5.74, 6) is -0.337. The Morgan fingerprint density at radius 3 is 2.64 bits per heavy atom. The van der Waals surface area contributed by atoms with Crippen molar-refractivity contribution in [2.75, 3.05) is 19.8 Å². The molecule has 0 aromatic heterocycles. The molecule has 25 heavy (non-hydrogen) atoms. The third-order valence-corrected chi connectivity index (χ3v) is 3.35. The zero-order valence-corrected chi connectivity index (χ0v) is 15.5. The van der Waals surface area contributed by atoms with Gasteiger partial charge in [0.1, 0.15) is 0 Å². The van der Waals surface area contributed by atoms with Gasteiger partial charge in [-0.3, -0.25) is 4.79 Å². The van der Waals surface area contributed by atoms with E-state index < -0.39 is 18.0 Å². The van der Waals surface area contributed by atoms with Gasteiger partial charge in [-0.05, 0) is 32.4 Å². The normalized spacial score (nSPS) is 11.4. The standard InChI is InChI=1S/C18H24ClNO5/c1-5-8-20-17(21)12(4)25-18(22)13-10-14(19)16(24-9-6-2)15(11-13)23-7-3/h5,10-12H,1,6-9H2,2-4H3,(H,20,21)/t12-/m1/s1. The number of hydrogen-bond acceptors (Lipinski definition) is 5. The number of carbonyl (C=O) groups is 2. The van der Waals surface area contributed by atoms with Crippen LogP contribution in [0.5, 0.6) is 11.5 Å². The zero-order chi connectivity index (χ0) is 18.8. The minimum absolute atomic E-state index is 0.181. The van der Waals surface area contributed by atoms with Gasteiger partial charge < -0.3 is 19.5 Å². The Kier molecular flexibility index (Phi) is 8.84. The molecule has 0 saturated carbocycles. The molecule has 138 valence electrons. The molecule has 0 spiro atoms. The fraction of sp³-hybridized carbons (Fsp3) is 0.444. The van der Waals surface area contributed by atoms with Crippen molar-refractivity contribution >= 4 is 23.5 Å². The summed E-state index contributed by atoms with van der Waals surface area (Å²) >= 11 is 6.21. The van der Waals surface area contributed by atoms with Crippen LogP contribution in [0.4, 0.5) is 0 Å². The van der Waals surface area contributed by atoms with Gasteiger partial charge in [-0.25, -0.2) is 4.79 Å². The highest BCUT2D eigenvalue weighted by Crippen LogP contribution is 2.37. The van der Waals surface area contributed by atoms with Crippen LogP contribution in [0.2, 0.25) is 5.02 Å². The van der Waals surface area contributed by atoms with Gasteiger partial charge >= 0.3 is 5.97 Å². The topological polar surface area (TPSA) is 73.9 Å². The van der Waals surface area contributed by atoms with Crippen LogP contribution in [0.25, 0.3) is 0 Å². The molecule has 1 atom stereocenters. The van der Waals surface area contributed by atoms with Crippen molar-refractivity contribution in [1.82, 2.24) is 5.32 Å². The summed E-state index contributed by atoms with van der Waals surface area (Å²) in [5.41, 5.74) is 0.181. The first-order valence-corrected chi connectivity index (χ1v) is 8.51. The van der Waals surface area contributed by atoms with E-state index in [2.05, 4.69) is 11.9 Å². The van der Waals surface area contributed by atoms with Gasteiger partial charge in [0, 0.05) is 6.54 Å². The lowest BCUT2D eigenvalue weighted by Gasteiger charge is -2.16. The van der Waals surface area contributed by atoms with E-state index in [0.717, 1.165) is 6.42 Å². The maximum atomic E-state index is 12.3. The van der Waals surface area contributed by atoms with Gasteiger partial charge in [-0.1, -0.05) is 24.6 Å². The number of halogens is 1. The number of nitrogens with one attached hydrogen (secondary N) is 1. The Morgan fingerprint density at radius 2 is 2.04 bits per heavy atom. The average molecular weight is 370 g/mol. The molecule has 0 aliphatic heterocycles. The third kappa shape index (κ3) is 6.31. The molecule has 1 aromatic carbocycles. The summed E-state index contributed by atoms with van der Waals surface area (Å²) in [7, 11) is 0. The summed E-state index contributed by atoms with van der Waals surface area (Å²) in [5, 5.41) is 2.80. The molecule has 0 fully saturated rings. The predicted octanol–water partition coefficient (Wildman–Crippen LogP) is 3.38. The highest BCUT2D eigenvalue weighted by Gasteiger charge is 2.21. The maximum absolute atomic E-state index is 12.3. The first kappa shape index (κ1) is 20.8. The molecule has 0 aliphatic carbocycles. The second-order valence-corrected chi connectivity index (χ2v) is 5.56. The minimum atomic E-state index is -0.946. The Labute approximate surface area is 153 Å². The second-order valence-electron chi connectivity index (χ2n) is 5.15. The maximum Gasteiger partial charge on any atom is 0.339 e. The Balaban J connectivity index is 2.94. The van der Waals surface area contributed by atoms with Crippen molar-refractivity contribution in [3.05, 3.63) is 35.4 Å². The Hall–Kier alpha value is -2.21. The van der Waals surface area contributed by atoms with Crippen molar-refractivity contribution in [3.63, 3.8) is 0 Å². The number of ether oxygens (including phenoxy) is 3. The van der Waals surface area contributed by atoms with E-state index in [-0.39, 0.29) is 10.6 Å². The number of esters is 1. The quantitative estimate of drug-likeness (QED) is 0.505. The van der Waals surface area contributed by atoms with Gasteiger partial charge in [-0.15, -0.1) is 6.58 Å². The third-order valence-electron chi connectivity index (χ3n) is 3.07. The first-order valence-electron chi connectivity index (χ1n) is 8.13. The van der Waals surface area contributed by atoms with Crippen molar-refractivity contribution in [2.45, 2.75) is 33.3 Å². The molecule has 0 radical (unpaired) electrons. The second kappa shape index (κ2) is 10.6. The van der Waals surface area contributed by atoms with Crippen molar-refractivity contribution in [1.29, 1.82) is 0 Å². The van der Waals surface area contributed by atoms with E-state index in [0.29, 0.717) is 31.3 Å². The molecule has 0 saturated heterocycles. The van der Waals surface area contributed by atoms with Crippen LogP contribution in [-0.4, -0.2) is 37.7 Å². The van der Waals surface area contributed by atoms with E-state index in [4.69, 9.17) is 25.8 Å². The largest absolute Gasteiger partial charge is 0.490 e. The van der Waals surface area contributed by atoms with Crippen LogP contribution in [0.15, 0.2) is 24.8 Å².